The average molecular weight is 402 g/mol. The van der Waals surface area contributed by atoms with Crippen LogP contribution in [0.4, 0.5) is 0 Å². The second-order valence-electron chi connectivity index (χ2n) is 7.20. The van der Waals surface area contributed by atoms with Crippen LogP contribution in [0.1, 0.15) is 29.3 Å². The van der Waals surface area contributed by atoms with Crippen molar-refractivity contribution in [3.63, 3.8) is 0 Å². The van der Waals surface area contributed by atoms with Crippen LogP contribution in [0, 0.1) is 0 Å². The normalized spacial score (nSPS) is 18.6. The van der Waals surface area contributed by atoms with Crippen molar-refractivity contribution in [2.45, 2.75) is 25.4 Å². The van der Waals surface area contributed by atoms with Gasteiger partial charge in [-0.3, -0.25) is 10.2 Å². The summed E-state index contributed by atoms with van der Waals surface area (Å²) in [6.45, 7) is 2.00. The van der Waals surface area contributed by atoms with Crippen molar-refractivity contribution in [2.24, 2.45) is 5.10 Å². The highest BCUT2D eigenvalue weighted by Gasteiger charge is 2.26. The molecule has 3 N–H and O–H groups in total. The van der Waals surface area contributed by atoms with Crippen LogP contribution in [0.2, 0.25) is 0 Å². The van der Waals surface area contributed by atoms with E-state index in [2.05, 4.69) is 21.4 Å². The van der Waals surface area contributed by atoms with Gasteiger partial charge in [-0.25, -0.2) is 15.6 Å². The Labute approximate surface area is 174 Å². The van der Waals surface area contributed by atoms with Crippen LogP contribution in [-0.4, -0.2) is 30.2 Å². The van der Waals surface area contributed by atoms with E-state index >= 15 is 0 Å². The number of carbonyl (C=O) groups is 2. The molecule has 0 spiro atoms. The fraction of sp³-hybridized carbons (Fsp3) is 0.174. The first-order chi connectivity index (χ1) is 14.6. The van der Waals surface area contributed by atoms with E-state index in [1.165, 1.54) is 0 Å². The molecule has 1 amide bonds. The van der Waals surface area contributed by atoms with Crippen LogP contribution < -0.4 is 21.0 Å². The summed E-state index contributed by atoms with van der Waals surface area (Å²) < 4.78 is 5.52. The molecular weight excluding hydrogens is 380 g/mol. The number of benzene rings is 3. The van der Waals surface area contributed by atoms with E-state index in [-0.39, 0.29) is 18.0 Å². The number of nitrogens with zero attached hydrogens (tertiary/aromatic N) is 1. The summed E-state index contributed by atoms with van der Waals surface area (Å²) >= 11 is 0. The number of fused-ring (bicyclic) bond motifs is 1. The summed E-state index contributed by atoms with van der Waals surface area (Å²) in [6.07, 6.45) is 2.25. The first kappa shape index (κ1) is 19.8. The van der Waals surface area contributed by atoms with Gasteiger partial charge < -0.3 is 4.74 Å². The molecule has 1 heterocycles. The summed E-state index contributed by atoms with van der Waals surface area (Å²) in [6, 6.07) is 20.1. The maximum absolute atomic E-state index is 12.6. The van der Waals surface area contributed by atoms with Gasteiger partial charge in [-0.15, -0.1) is 0 Å². The van der Waals surface area contributed by atoms with Crippen LogP contribution in [-0.2, 0) is 4.79 Å². The molecule has 0 bridgehead atoms. The largest absolute Gasteiger partial charge is 0.423 e. The third-order valence-corrected chi connectivity index (χ3v) is 4.90. The molecule has 30 heavy (non-hydrogen) atoms. The summed E-state index contributed by atoms with van der Waals surface area (Å²) in [5.41, 5.74) is 9.73. The third kappa shape index (κ3) is 4.53. The second kappa shape index (κ2) is 8.86. The van der Waals surface area contributed by atoms with E-state index in [0.29, 0.717) is 17.7 Å². The zero-order chi connectivity index (χ0) is 20.9. The molecule has 1 aliphatic rings. The Hall–Kier alpha value is -3.55. The fourth-order valence-corrected chi connectivity index (χ4v) is 3.32. The fourth-order valence-electron chi connectivity index (χ4n) is 3.32. The lowest BCUT2D eigenvalue weighted by Crippen LogP contribution is -2.41. The Morgan fingerprint density at radius 1 is 1.03 bits per heavy atom. The molecule has 4 rings (SSSR count). The zero-order valence-corrected chi connectivity index (χ0v) is 16.5. The molecule has 1 saturated heterocycles. The Morgan fingerprint density at radius 2 is 1.80 bits per heavy atom. The number of rotatable bonds is 5. The Kier molecular flexibility index (Phi) is 5.83. The zero-order valence-electron chi connectivity index (χ0n) is 16.5. The maximum atomic E-state index is 12.6. The average Bonchev–Trinajstić information content (AvgIpc) is 3.21. The molecule has 7 heteroatoms. The molecule has 2 atom stereocenters. The van der Waals surface area contributed by atoms with Gasteiger partial charge in [0, 0.05) is 6.04 Å². The molecule has 0 aliphatic carbocycles. The monoisotopic (exact) mass is 402 g/mol. The molecule has 0 radical (unpaired) electrons. The lowest BCUT2D eigenvalue weighted by atomic mass is 10.0. The Morgan fingerprint density at radius 3 is 2.57 bits per heavy atom. The molecule has 0 saturated carbocycles. The molecule has 0 aromatic heterocycles. The second-order valence-corrected chi connectivity index (χ2v) is 7.20. The summed E-state index contributed by atoms with van der Waals surface area (Å²) in [4.78, 5) is 24.6. The summed E-state index contributed by atoms with van der Waals surface area (Å²) in [7, 11) is 0. The number of hydrogen-bond acceptors (Lipinski definition) is 6. The van der Waals surface area contributed by atoms with Gasteiger partial charge in [0.05, 0.1) is 11.8 Å². The van der Waals surface area contributed by atoms with Crippen LogP contribution in [0.15, 0.2) is 71.8 Å². The molecule has 1 aliphatic heterocycles. The minimum atomic E-state index is -0.410. The molecule has 152 valence electrons. The van der Waals surface area contributed by atoms with Crippen molar-refractivity contribution in [2.75, 3.05) is 0 Å². The number of hydrogen-bond donors (Lipinski definition) is 3. The predicted octanol–water partition coefficient (Wildman–Crippen LogP) is 2.76. The Balaban J connectivity index is 1.36. The van der Waals surface area contributed by atoms with E-state index in [9.17, 15) is 9.59 Å². The molecular formula is C23H22N4O3. The molecule has 1 fully saturated rings. The number of hydrazine groups is 1. The van der Waals surface area contributed by atoms with E-state index < -0.39 is 5.97 Å². The van der Waals surface area contributed by atoms with Gasteiger partial charge in [0.1, 0.15) is 11.8 Å². The van der Waals surface area contributed by atoms with Crippen molar-refractivity contribution in [3.8, 4) is 5.75 Å². The number of nitrogens with one attached hydrogen (secondary N) is 3. The van der Waals surface area contributed by atoms with Crippen molar-refractivity contribution in [1.82, 2.24) is 16.3 Å². The first-order valence-electron chi connectivity index (χ1n) is 9.74. The smallest absolute Gasteiger partial charge is 0.344 e. The highest BCUT2D eigenvalue weighted by atomic mass is 16.5. The topological polar surface area (TPSA) is 91.8 Å². The molecule has 7 nitrogen and oxygen atoms in total. The third-order valence-electron chi connectivity index (χ3n) is 4.90. The highest BCUT2D eigenvalue weighted by Crippen LogP contribution is 2.21. The SMILES string of the molecule is CC1CC(C(=O)N/N=C/c2ccc(OC(=O)c3cccc4ccccc34)cc2)NN1. The predicted molar refractivity (Wildman–Crippen MR) is 115 cm³/mol. The van der Waals surface area contributed by atoms with Gasteiger partial charge in [0.15, 0.2) is 0 Å². The standard InChI is InChI=1S/C23H22N4O3/c1-15-13-21(26-25-15)22(28)27-24-14-16-9-11-18(12-10-16)30-23(29)20-8-4-6-17-5-2-3-7-19(17)20/h2-12,14-15,21,25-26H,13H2,1H3,(H,27,28)/b24-14+. The number of carbonyl (C=O) groups excluding carboxylic acids is 2. The highest BCUT2D eigenvalue weighted by molar-refractivity contribution is 6.05. The van der Waals surface area contributed by atoms with Crippen LogP contribution in [0.3, 0.4) is 0 Å². The lowest BCUT2D eigenvalue weighted by molar-refractivity contribution is -0.122. The maximum Gasteiger partial charge on any atom is 0.344 e. The summed E-state index contributed by atoms with van der Waals surface area (Å²) in [5.74, 6) is -0.166. The van der Waals surface area contributed by atoms with Gasteiger partial charge in [-0.1, -0.05) is 36.4 Å². The quantitative estimate of drug-likeness (QED) is 0.264. The molecule has 2 unspecified atom stereocenters. The van der Waals surface area contributed by atoms with Gasteiger partial charge in [0.2, 0.25) is 0 Å². The Bertz CT molecular complexity index is 1090. The van der Waals surface area contributed by atoms with Crippen LogP contribution in [0.5, 0.6) is 5.75 Å². The van der Waals surface area contributed by atoms with E-state index in [4.69, 9.17) is 4.74 Å². The molecule has 3 aromatic rings. The van der Waals surface area contributed by atoms with E-state index in [1.807, 2.05) is 43.3 Å². The lowest BCUT2D eigenvalue weighted by Gasteiger charge is -2.08. The van der Waals surface area contributed by atoms with Crippen molar-refractivity contribution >= 4 is 28.9 Å². The number of amides is 1. The van der Waals surface area contributed by atoms with Gasteiger partial charge in [0.25, 0.3) is 5.91 Å². The van der Waals surface area contributed by atoms with E-state index in [1.54, 1.807) is 36.5 Å². The van der Waals surface area contributed by atoms with Crippen molar-refractivity contribution in [1.29, 1.82) is 0 Å². The van der Waals surface area contributed by atoms with Gasteiger partial charge in [-0.05, 0) is 60.0 Å². The van der Waals surface area contributed by atoms with E-state index in [0.717, 1.165) is 16.3 Å². The van der Waals surface area contributed by atoms with Crippen LogP contribution >= 0.6 is 0 Å². The minimum Gasteiger partial charge on any atom is -0.423 e. The van der Waals surface area contributed by atoms with Gasteiger partial charge >= 0.3 is 5.97 Å². The number of hydrazone groups is 1. The van der Waals surface area contributed by atoms with Crippen LogP contribution in [0.25, 0.3) is 10.8 Å². The summed E-state index contributed by atoms with van der Waals surface area (Å²) in [5, 5.41) is 5.82. The number of ether oxygens (including phenoxy) is 1. The number of esters is 1. The first-order valence-corrected chi connectivity index (χ1v) is 9.74. The minimum absolute atomic E-state index is 0.191. The van der Waals surface area contributed by atoms with Crippen molar-refractivity contribution < 1.29 is 14.3 Å². The van der Waals surface area contributed by atoms with Gasteiger partial charge in [-0.2, -0.15) is 5.10 Å². The van der Waals surface area contributed by atoms with Crippen molar-refractivity contribution in [3.05, 3.63) is 77.9 Å². The molecule has 3 aromatic carbocycles.